The zero-order valence-corrected chi connectivity index (χ0v) is 8.84. The molecule has 1 aromatic rings. The van der Waals surface area contributed by atoms with Crippen LogP contribution in [-0.4, -0.2) is 18.5 Å². The maximum atomic E-state index is 11.3. The van der Waals surface area contributed by atoms with Crippen molar-refractivity contribution < 1.29 is 9.59 Å². The van der Waals surface area contributed by atoms with E-state index in [1.807, 2.05) is 13.0 Å². The highest BCUT2D eigenvalue weighted by atomic mass is 35.5. The van der Waals surface area contributed by atoms with Gasteiger partial charge in [-0.05, 0) is 24.6 Å². The van der Waals surface area contributed by atoms with Crippen molar-refractivity contribution >= 4 is 29.2 Å². The number of rotatable bonds is 1. The molecule has 0 spiro atoms. The predicted octanol–water partition coefficient (Wildman–Crippen LogP) is 1.70. The summed E-state index contributed by atoms with van der Waals surface area (Å²) in [5.74, 6) is -0.295. The average molecular weight is 225 g/mol. The summed E-state index contributed by atoms with van der Waals surface area (Å²) in [6.07, 6.45) is 0. The highest BCUT2D eigenvalue weighted by molar-refractivity contribution is 6.31. The van der Waals surface area contributed by atoms with E-state index < -0.39 is 6.03 Å². The Morgan fingerprint density at radius 1 is 1.40 bits per heavy atom. The third-order valence-corrected chi connectivity index (χ3v) is 2.67. The number of halogens is 1. The second-order valence-electron chi connectivity index (χ2n) is 3.37. The second-order valence-corrected chi connectivity index (χ2v) is 3.78. The van der Waals surface area contributed by atoms with Gasteiger partial charge in [0.05, 0.1) is 0 Å². The van der Waals surface area contributed by atoms with Gasteiger partial charge in [0.2, 0.25) is 5.91 Å². The number of anilines is 1. The van der Waals surface area contributed by atoms with E-state index in [1.54, 1.807) is 12.1 Å². The number of carbonyl (C=O) groups is 2. The number of amides is 3. The summed E-state index contributed by atoms with van der Waals surface area (Å²) in [5, 5.41) is 2.79. The molecule has 1 heterocycles. The summed E-state index contributed by atoms with van der Waals surface area (Å²) < 4.78 is 0. The van der Waals surface area contributed by atoms with Crippen molar-refractivity contribution in [2.75, 3.05) is 11.4 Å². The monoisotopic (exact) mass is 224 g/mol. The topological polar surface area (TPSA) is 49.4 Å². The van der Waals surface area contributed by atoms with Gasteiger partial charge in [-0.2, -0.15) is 0 Å². The van der Waals surface area contributed by atoms with E-state index in [9.17, 15) is 9.59 Å². The van der Waals surface area contributed by atoms with Gasteiger partial charge in [-0.1, -0.05) is 17.7 Å². The van der Waals surface area contributed by atoms with Gasteiger partial charge in [0, 0.05) is 10.7 Å². The Morgan fingerprint density at radius 2 is 2.13 bits per heavy atom. The van der Waals surface area contributed by atoms with Crippen LogP contribution in [0.2, 0.25) is 5.02 Å². The van der Waals surface area contributed by atoms with Crippen LogP contribution in [0.15, 0.2) is 18.2 Å². The van der Waals surface area contributed by atoms with Gasteiger partial charge in [-0.25, -0.2) is 4.79 Å². The number of nitrogens with zero attached hydrogens (tertiary/aromatic N) is 1. The molecule has 1 N–H and O–H groups in total. The van der Waals surface area contributed by atoms with Crippen molar-refractivity contribution in [2.24, 2.45) is 0 Å². The molecule has 0 saturated carbocycles. The first kappa shape index (κ1) is 9.98. The Bertz CT molecular complexity index is 445. The minimum Gasteiger partial charge on any atom is -0.285 e. The maximum Gasteiger partial charge on any atom is 0.329 e. The molecule has 1 aliphatic heterocycles. The van der Waals surface area contributed by atoms with Crippen molar-refractivity contribution in [1.29, 1.82) is 0 Å². The fourth-order valence-electron chi connectivity index (χ4n) is 1.40. The summed E-state index contributed by atoms with van der Waals surface area (Å²) in [5.41, 5.74) is 1.57. The lowest BCUT2D eigenvalue weighted by Crippen LogP contribution is -2.27. The second kappa shape index (κ2) is 3.55. The number of hydrogen-bond donors (Lipinski definition) is 1. The number of nitrogens with one attached hydrogen (secondary N) is 1. The van der Waals surface area contributed by atoms with Gasteiger partial charge in [0.15, 0.2) is 0 Å². The van der Waals surface area contributed by atoms with E-state index in [-0.39, 0.29) is 12.5 Å². The van der Waals surface area contributed by atoms with Crippen LogP contribution in [0.1, 0.15) is 5.56 Å². The predicted molar refractivity (Wildman–Crippen MR) is 57.1 cm³/mol. The summed E-state index contributed by atoms with van der Waals surface area (Å²) in [7, 11) is 0. The number of urea groups is 1. The lowest BCUT2D eigenvalue weighted by Gasteiger charge is -2.13. The minimum atomic E-state index is -0.403. The van der Waals surface area contributed by atoms with Crippen LogP contribution in [0.25, 0.3) is 0 Å². The average Bonchev–Trinajstić information content (AvgIpc) is 2.50. The van der Waals surface area contributed by atoms with Crippen molar-refractivity contribution in [3.8, 4) is 0 Å². The van der Waals surface area contributed by atoms with Crippen LogP contribution in [-0.2, 0) is 4.79 Å². The number of imide groups is 1. The molecule has 1 saturated heterocycles. The highest BCUT2D eigenvalue weighted by Gasteiger charge is 2.27. The van der Waals surface area contributed by atoms with E-state index in [1.165, 1.54) is 4.90 Å². The summed E-state index contributed by atoms with van der Waals surface area (Å²) in [4.78, 5) is 23.7. The van der Waals surface area contributed by atoms with E-state index in [0.717, 1.165) is 5.56 Å². The van der Waals surface area contributed by atoms with Crippen molar-refractivity contribution in [3.05, 3.63) is 28.8 Å². The van der Waals surface area contributed by atoms with Crippen LogP contribution < -0.4 is 10.2 Å². The molecule has 3 amide bonds. The first-order chi connectivity index (χ1) is 7.08. The molecule has 4 nitrogen and oxygen atoms in total. The van der Waals surface area contributed by atoms with Crippen LogP contribution in [0.4, 0.5) is 10.5 Å². The third-order valence-electron chi connectivity index (χ3n) is 2.26. The fourth-order valence-corrected chi connectivity index (χ4v) is 1.57. The van der Waals surface area contributed by atoms with E-state index in [2.05, 4.69) is 5.32 Å². The number of carbonyl (C=O) groups excluding carboxylic acids is 2. The molecule has 0 bridgehead atoms. The van der Waals surface area contributed by atoms with E-state index >= 15 is 0 Å². The Balaban J connectivity index is 2.34. The minimum absolute atomic E-state index is 0.0538. The maximum absolute atomic E-state index is 11.3. The first-order valence-corrected chi connectivity index (χ1v) is 4.83. The van der Waals surface area contributed by atoms with Crippen molar-refractivity contribution in [3.63, 3.8) is 0 Å². The molecule has 78 valence electrons. The van der Waals surface area contributed by atoms with Crippen LogP contribution >= 0.6 is 11.6 Å². The van der Waals surface area contributed by atoms with Crippen molar-refractivity contribution in [1.82, 2.24) is 5.32 Å². The molecule has 0 unspecified atom stereocenters. The lowest BCUT2D eigenvalue weighted by atomic mass is 10.2. The molecular weight excluding hydrogens is 216 g/mol. The number of aryl methyl sites for hydroxylation is 1. The Morgan fingerprint density at radius 3 is 2.67 bits per heavy atom. The summed E-state index contributed by atoms with van der Waals surface area (Å²) in [6.45, 7) is 1.93. The largest absolute Gasteiger partial charge is 0.329 e. The van der Waals surface area contributed by atoms with Crippen molar-refractivity contribution in [2.45, 2.75) is 6.92 Å². The zero-order chi connectivity index (χ0) is 11.0. The molecule has 1 aliphatic rings. The summed E-state index contributed by atoms with van der Waals surface area (Å²) in [6, 6.07) is 4.85. The molecule has 2 rings (SSSR count). The SMILES string of the molecule is Cc1ccc(N2CC(=O)NC2=O)cc1Cl. The van der Waals surface area contributed by atoms with E-state index in [4.69, 9.17) is 11.6 Å². The standard InChI is InChI=1S/C10H9ClN2O2/c1-6-2-3-7(4-8(6)11)13-5-9(14)12-10(13)15/h2-4H,5H2,1H3,(H,12,14,15). The fraction of sp³-hybridized carbons (Fsp3) is 0.200. The molecule has 15 heavy (non-hydrogen) atoms. The summed E-state index contributed by atoms with van der Waals surface area (Å²) >= 11 is 5.93. The molecular formula is C10H9ClN2O2. The normalized spacial score (nSPS) is 15.7. The Hall–Kier alpha value is -1.55. The quantitative estimate of drug-likeness (QED) is 0.739. The van der Waals surface area contributed by atoms with Gasteiger partial charge in [-0.3, -0.25) is 15.0 Å². The molecule has 1 aromatic carbocycles. The smallest absolute Gasteiger partial charge is 0.285 e. The number of hydrogen-bond acceptors (Lipinski definition) is 2. The zero-order valence-electron chi connectivity index (χ0n) is 8.08. The van der Waals surface area contributed by atoms with Gasteiger partial charge in [0.1, 0.15) is 6.54 Å². The Labute approximate surface area is 91.8 Å². The molecule has 0 atom stereocenters. The Kier molecular flexibility index (Phi) is 2.36. The van der Waals surface area contributed by atoms with Gasteiger partial charge in [-0.15, -0.1) is 0 Å². The van der Waals surface area contributed by atoms with Gasteiger partial charge >= 0.3 is 6.03 Å². The van der Waals surface area contributed by atoms with Crippen LogP contribution in [0, 0.1) is 6.92 Å². The lowest BCUT2D eigenvalue weighted by molar-refractivity contribution is -0.117. The van der Waals surface area contributed by atoms with Gasteiger partial charge < -0.3 is 0 Å². The molecule has 5 heteroatoms. The molecule has 1 fully saturated rings. The van der Waals surface area contributed by atoms with Crippen LogP contribution in [0.3, 0.4) is 0 Å². The number of benzene rings is 1. The third kappa shape index (κ3) is 1.80. The molecule has 0 radical (unpaired) electrons. The highest BCUT2D eigenvalue weighted by Crippen LogP contribution is 2.24. The molecule has 0 aliphatic carbocycles. The molecule has 0 aromatic heterocycles. The van der Waals surface area contributed by atoms with E-state index in [0.29, 0.717) is 10.7 Å². The van der Waals surface area contributed by atoms with Gasteiger partial charge in [0.25, 0.3) is 0 Å². The van der Waals surface area contributed by atoms with Crippen LogP contribution in [0.5, 0.6) is 0 Å². The first-order valence-electron chi connectivity index (χ1n) is 4.45.